The molecule has 240 valence electrons. The molecule has 0 unspecified atom stereocenters. The molecule has 1 saturated carbocycles. The van der Waals surface area contributed by atoms with Gasteiger partial charge in [0.25, 0.3) is 5.91 Å². The average molecular weight is 627 g/mol. The highest BCUT2D eigenvalue weighted by molar-refractivity contribution is 6.06. The molecule has 1 fully saturated rings. The number of aliphatic carboxylic acids is 1. The van der Waals surface area contributed by atoms with Gasteiger partial charge in [-0.25, -0.2) is 9.78 Å². The number of benzene rings is 4. The zero-order chi connectivity index (χ0) is 33.0. The van der Waals surface area contributed by atoms with Crippen molar-refractivity contribution in [3.8, 4) is 22.6 Å². The fourth-order valence-electron chi connectivity index (χ4n) is 6.42. The molecule has 1 atom stereocenters. The summed E-state index contributed by atoms with van der Waals surface area (Å²) in [6, 6.07) is 32.4. The first-order valence-corrected chi connectivity index (χ1v) is 16.5. The Hall–Kier alpha value is -4.97. The summed E-state index contributed by atoms with van der Waals surface area (Å²) in [4.78, 5) is 31.2. The van der Waals surface area contributed by atoms with Gasteiger partial charge in [-0.05, 0) is 75.7 Å². The number of hydrogen-bond donors (Lipinski definition) is 2. The first-order valence-electron chi connectivity index (χ1n) is 16.5. The van der Waals surface area contributed by atoms with E-state index in [1.54, 1.807) is 0 Å². The Morgan fingerprint density at radius 1 is 0.851 bits per heavy atom. The van der Waals surface area contributed by atoms with Crippen molar-refractivity contribution >= 4 is 22.6 Å². The van der Waals surface area contributed by atoms with E-state index < -0.39 is 17.9 Å². The van der Waals surface area contributed by atoms with Gasteiger partial charge in [0.1, 0.15) is 23.2 Å². The molecule has 2 N–H and O–H groups in total. The van der Waals surface area contributed by atoms with Gasteiger partial charge in [0, 0.05) is 17.5 Å². The molecule has 47 heavy (non-hydrogen) atoms. The molecule has 0 radical (unpaired) electrons. The molecule has 6 heteroatoms. The van der Waals surface area contributed by atoms with Crippen molar-refractivity contribution in [2.45, 2.75) is 70.8 Å². The highest BCUT2D eigenvalue weighted by Crippen LogP contribution is 2.32. The van der Waals surface area contributed by atoms with Crippen LogP contribution in [0.15, 0.2) is 103 Å². The number of pyridine rings is 1. The Kier molecular flexibility index (Phi) is 9.39. The maximum absolute atomic E-state index is 13.9. The third-order valence-electron chi connectivity index (χ3n) is 9.11. The first kappa shape index (κ1) is 32.0. The van der Waals surface area contributed by atoms with Crippen molar-refractivity contribution in [3.05, 3.63) is 126 Å². The zero-order valence-corrected chi connectivity index (χ0v) is 27.3. The van der Waals surface area contributed by atoms with Crippen LogP contribution in [0.4, 0.5) is 0 Å². The van der Waals surface area contributed by atoms with E-state index in [0.717, 1.165) is 47.0 Å². The number of carbonyl (C=O) groups is 2. The van der Waals surface area contributed by atoms with Crippen LogP contribution in [0, 0.1) is 5.92 Å². The van der Waals surface area contributed by atoms with Gasteiger partial charge in [0.2, 0.25) is 0 Å². The Balaban J connectivity index is 1.27. The minimum Gasteiger partial charge on any atom is -0.480 e. The molecule has 1 aromatic heterocycles. The van der Waals surface area contributed by atoms with Crippen LogP contribution in [0.2, 0.25) is 0 Å². The molecular formula is C41H42N2O4. The van der Waals surface area contributed by atoms with E-state index >= 15 is 0 Å². The number of aromatic nitrogens is 1. The number of hydrogen-bond acceptors (Lipinski definition) is 4. The van der Waals surface area contributed by atoms with Gasteiger partial charge in [0.05, 0.1) is 0 Å². The standard InChI is InChI=1S/C41H42N2O4/c1-41(2,3)32-18-21-34(22-19-32)47-35-20-17-31-25-33(23-27-9-7-8-10-27)42-38(36(31)26-35)39(44)43-37(40(45)46)24-28-13-15-30(16-14-28)29-11-5-4-6-12-29/h4-6,11-22,25-27,37H,7-10,23-24H2,1-3H3,(H,43,44)(H,45,46)/t37-/m0/s1. The molecule has 0 aliphatic heterocycles. The lowest BCUT2D eigenvalue weighted by Crippen LogP contribution is -2.42. The minimum absolute atomic E-state index is 0.0328. The number of nitrogens with one attached hydrogen (secondary N) is 1. The van der Waals surface area contributed by atoms with E-state index in [0.29, 0.717) is 22.8 Å². The monoisotopic (exact) mass is 626 g/mol. The van der Waals surface area contributed by atoms with Gasteiger partial charge >= 0.3 is 5.97 Å². The fraction of sp³-hybridized carbons (Fsp3) is 0.293. The second-order valence-corrected chi connectivity index (χ2v) is 13.7. The summed E-state index contributed by atoms with van der Waals surface area (Å²) in [5.41, 5.74) is 5.26. The number of amides is 1. The molecule has 1 amide bonds. The molecule has 0 saturated heterocycles. The van der Waals surface area contributed by atoms with Gasteiger partial charge in [-0.2, -0.15) is 0 Å². The lowest BCUT2D eigenvalue weighted by Gasteiger charge is -2.19. The van der Waals surface area contributed by atoms with Crippen LogP contribution in [0.25, 0.3) is 21.9 Å². The minimum atomic E-state index is -1.12. The number of rotatable bonds is 10. The van der Waals surface area contributed by atoms with Gasteiger partial charge in [-0.3, -0.25) is 4.79 Å². The number of carbonyl (C=O) groups excluding carboxylic acids is 1. The van der Waals surface area contributed by atoms with Crippen molar-refractivity contribution in [2.24, 2.45) is 5.92 Å². The quantitative estimate of drug-likeness (QED) is 0.161. The highest BCUT2D eigenvalue weighted by atomic mass is 16.5. The van der Waals surface area contributed by atoms with Gasteiger partial charge in [-0.1, -0.05) is 119 Å². The zero-order valence-electron chi connectivity index (χ0n) is 27.3. The summed E-state index contributed by atoms with van der Waals surface area (Å²) in [5, 5.41) is 14.4. The normalized spacial score (nSPS) is 14.2. The molecule has 0 spiro atoms. The van der Waals surface area contributed by atoms with Crippen LogP contribution >= 0.6 is 0 Å². The topological polar surface area (TPSA) is 88.5 Å². The van der Waals surface area contributed by atoms with Crippen LogP contribution in [0.1, 0.15) is 73.8 Å². The molecule has 4 aromatic carbocycles. The molecule has 6 nitrogen and oxygen atoms in total. The SMILES string of the molecule is CC(C)(C)c1ccc(Oc2ccc3cc(CC4CCCC4)nc(C(=O)N[C@@H](Cc4ccc(-c5ccccc5)cc4)C(=O)O)c3c2)cc1. The Morgan fingerprint density at radius 3 is 2.17 bits per heavy atom. The van der Waals surface area contributed by atoms with Crippen LogP contribution in [0.5, 0.6) is 11.5 Å². The van der Waals surface area contributed by atoms with E-state index in [1.165, 1.54) is 18.4 Å². The van der Waals surface area contributed by atoms with Crippen molar-refractivity contribution < 1.29 is 19.4 Å². The Labute approximate surface area is 276 Å². The predicted octanol–water partition coefficient (Wildman–Crippen LogP) is 9.15. The lowest BCUT2D eigenvalue weighted by molar-refractivity contribution is -0.139. The molecule has 1 aliphatic carbocycles. The van der Waals surface area contributed by atoms with Crippen molar-refractivity contribution in [1.82, 2.24) is 10.3 Å². The summed E-state index contributed by atoms with van der Waals surface area (Å²) in [7, 11) is 0. The average Bonchev–Trinajstić information content (AvgIpc) is 3.58. The first-order chi connectivity index (χ1) is 22.6. The van der Waals surface area contributed by atoms with Crippen LogP contribution in [-0.2, 0) is 23.1 Å². The number of carboxylic acid groups (broad SMARTS) is 1. The Bertz CT molecular complexity index is 1850. The lowest BCUT2D eigenvalue weighted by atomic mass is 9.87. The van der Waals surface area contributed by atoms with Crippen LogP contribution < -0.4 is 10.1 Å². The molecule has 5 aromatic rings. The number of ether oxygens (including phenoxy) is 1. The van der Waals surface area contributed by atoms with E-state index in [9.17, 15) is 14.7 Å². The van der Waals surface area contributed by atoms with E-state index in [2.05, 4.69) is 44.3 Å². The van der Waals surface area contributed by atoms with E-state index in [-0.39, 0.29) is 17.5 Å². The van der Waals surface area contributed by atoms with Gasteiger partial charge in [0.15, 0.2) is 0 Å². The summed E-state index contributed by atoms with van der Waals surface area (Å²) in [6.45, 7) is 6.51. The molecule has 0 bridgehead atoms. The van der Waals surface area contributed by atoms with Gasteiger partial charge in [-0.15, -0.1) is 0 Å². The number of nitrogens with zero attached hydrogens (tertiary/aromatic N) is 1. The summed E-state index contributed by atoms with van der Waals surface area (Å²) >= 11 is 0. The maximum Gasteiger partial charge on any atom is 0.326 e. The van der Waals surface area contributed by atoms with Crippen LogP contribution in [0.3, 0.4) is 0 Å². The molecule has 6 rings (SSSR count). The van der Waals surface area contributed by atoms with Gasteiger partial charge < -0.3 is 15.2 Å². The summed E-state index contributed by atoms with van der Waals surface area (Å²) in [5.74, 6) is 0.204. The third kappa shape index (κ3) is 7.89. The maximum atomic E-state index is 13.9. The van der Waals surface area contributed by atoms with Crippen molar-refractivity contribution in [1.29, 1.82) is 0 Å². The highest BCUT2D eigenvalue weighted by Gasteiger charge is 2.25. The third-order valence-corrected chi connectivity index (χ3v) is 9.11. The van der Waals surface area contributed by atoms with Crippen LogP contribution in [-0.4, -0.2) is 28.0 Å². The largest absolute Gasteiger partial charge is 0.480 e. The number of carboxylic acids is 1. The van der Waals surface area contributed by atoms with E-state index in [1.807, 2.05) is 84.9 Å². The fourth-order valence-corrected chi connectivity index (χ4v) is 6.42. The molecule has 1 heterocycles. The van der Waals surface area contributed by atoms with Crippen molar-refractivity contribution in [3.63, 3.8) is 0 Å². The smallest absolute Gasteiger partial charge is 0.326 e. The second-order valence-electron chi connectivity index (χ2n) is 13.7. The summed E-state index contributed by atoms with van der Waals surface area (Å²) < 4.78 is 6.21. The Morgan fingerprint density at radius 2 is 1.51 bits per heavy atom. The van der Waals surface area contributed by atoms with Crippen molar-refractivity contribution in [2.75, 3.05) is 0 Å². The molecular weight excluding hydrogens is 584 g/mol. The number of fused-ring (bicyclic) bond motifs is 1. The summed E-state index contributed by atoms with van der Waals surface area (Å²) in [6.07, 6.45) is 5.70. The second kappa shape index (κ2) is 13.8. The predicted molar refractivity (Wildman–Crippen MR) is 187 cm³/mol. The van der Waals surface area contributed by atoms with E-state index in [4.69, 9.17) is 9.72 Å². The molecule has 1 aliphatic rings.